The normalized spacial score (nSPS) is 18.3. The molecule has 1 N–H and O–H groups in total. The highest BCUT2D eigenvalue weighted by atomic mass is 16.3. The number of aliphatic hydroxyl groups is 1. The SMILES string of the molecule is CC(C)(C)C(=O)/C(C#N)=C/N1CCN(CCO)CC1. The number of Topliss-reactive ketones (excluding diaryl/α,β-unsaturated/α-hetero) is 1. The van der Waals surface area contributed by atoms with E-state index in [1.165, 1.54) is 0 Å². The number of piperazine rings is 1. The standard InChI is InChI=1S/C14H23N3O2/c1-14(2,3)13(19)12(10-15)11-17-6-4-16(5-7-17)8-9-18/h11,18H,4-9H2,1-3H3/b12-11+. The molecule has 0 atom stereocenters. The minimum atomic E-state index is -0.528. The molecule has 0 unspecified atom stereocenters. The molecule has 0 aromatic rings. The van der Waals surface area contributed by atoms with Crippen LogP contribution in [0, 0.1) is 16.7 Å². The molecule has 0 radical (unpaired) electrons. The van der Waals surface area contributed by atoms with Crippen LogP contribution in [0.1, 0.15) is 20.8 Å². The smallest absolute Gasteiger partial charge is 0.180 e. The molecular formula is C14H23N3O2. The number of β-amino-alcohol motifs (C(OH)–C–C–N with tert-alkyl or cyclic N) is 1. The van der Waals surface area contributed by atoms with E-state index in [-0.39, 0.29) is 18.0 Å². The van der Waals surface area contributed by atoms with Gasteiger partial charge in [-0.2, -0.15) is 5.26 Å². The van der Waals surface area contributed by atoms with Crippen LogP contribution in [0.2, 0.25) is 0 Å². The Balaban J connectivity index is 2.64. The molecule has 106 valence electrons. The zero-order chi connectivity index (χ0) is 14.5. The van der Waals surface area contributed by atoms with E-state index in [9.17, 15) is 4.79 Å². The van der Waals surface area contributed by atoms with Crippen molar-refractivity contribution in [3.05, 3.63) is 11.8 Å². The lowest BCUT2D eigenvalue weighted by atomic mass is 9.87. The molecule has 0 saturated carbocycles. The molecule has 1 aliphatic rings. The Morgan fingerprint density at radius 1 is 1.32 bits per heavy atom. The minimum Gasteiger partial charge on any atom is -0.395 e. The van der Waals surface area contributed by atoms with Gasteiger partial charge in [-0.3, -0.25) is 9.69 Å². The largest absolute Gasteiger partial charge is 0.395 e. The summed E-state index contributed by atoms with van der Waals surface area (Å²) in [7, 11) is 0. The maximum absolute atomic E-state index is 12.1. The van der Waals surface area contributed by atoms with Crippen molar-refractivity contribution in [2.75, 3.05) is 39.3 Å². The van der Waals surface area contributed by atoms with Gasteiger partial charge in [-0.05, 0) is 0 Å². The predicted octanol–water partition coefficient (Wildman–Crippen LogP) is 0.619. The summed E-state index contributed by atoms with van der Waals surface area (Å²) in [6, 6.07) is 2.01. The van der Waals surface area contributed by atoms with E-state index >= 15 is 0 Å². The lowest BCUT2D eigenvalue weighted by Crippen LogP contribution is -2.45. The Morgan fingerprint density at radius 2 is 1.89 bits per heavy atom. The van der Waals surface area contributed by atoms with Gasteiger partial charge in [0, 0.05) is 44.3 Å². The Hall–Kier alpha value is -1.38. The minimum absolute atomic E-state index is 0.118. The maximum atomic E-state index is 12.1. The Bertz CT molecular complexity index is 382. The number of carbonyl (C=O) groups excluding carboxylic acids is 1. The van der Waals surface area contributed by atoms with Gasteiger partial charge in [0.25, 0.3) is 0 Å². The summed E-state index contributed by atoms with van der Waals surface area (Å²) in [5, 5.41) is 18.0. The molecular weight excluding hydrogens is 242 g/mol. The summed E-state index contributed by atoms with van der Waals surface area (Å²) in [6.45, 7) is 9.56. The zero-order valence-electron chi connectivity index (χ0n) is 12.0. The number of allylic oxidation sites excluding steroid dienone is 1. The summed E-state index contributed by atoms with van der Waals surface area (Å²) in [5.74, 6) is -0.118. The average molecular weight is 265 g/mol. The third-order valence-corrected chi connectivity index (χ3v) is 3.18. The lowest BCUT2D eigenvalue weighted by molar-refractivity contribution is -0.122. The topological polar surface area (TPSA) is 67.6 Å². The van der Waals surface area contributed by atoms with Gasteiger partial charge in [-0.1, -0.05) is 20.8 Å². The quantitative estimate of drug-likeness (QED) is 0.596. The van der Waals surface area contributed by atoms with Gasteiger partial charge in [0.2, 0.25) is 0 Å². The molecule has 5 nitrogen and oxygen atoms in total. The first-order chi connectivity index (χ1) is 8.88. The van der Waals surface area contributed by atoms with Gasteiger partial charge in [-0.15, -0.1) is 0 Å². The van der Waals surface area contributed by atoms with Crippen LogP contribution < -0.4 is 0 Å². The van der Waals surface area contributed by atoms with Crippen LogP contribution in [0.3, 0.4) is 0 Å². The van der Waals surface area contributed by atoms with E-state index in [0.717, 1.165) is 26.2 Å². The Labute approximate surface area is 115 Å². The fourth-order valence-electron chi connectivity index (χ4n) is 1.98. The molecule has 1 fully saturated rings. The molecule has 1 heterocycles. The Kier molecular flexibility index (Phi) is 5.52. The van der Waals surface area contributed by atoms with Gasteiger partial charge in [0.15, 0.2) is 5.78 Å². The summed E-state index contributed by atoms with van der Waals surface area (Å²) < 4.78 is 0. The molecule has 1 aliphatic heterocycles. The van der Waals surface area contributed by atoms with Crippen LogP contribution in [0.15, 0.2) is 11.8 Å². The first-order valence-corrected chi connectivity index (χ1v) is 6.62. The highest BCUT2D eigenvalue weighted by Gasteiger charge is 2.26. The van der Waals surface area contributed by atoms with E-state index in [1.807, 2.05) is 31.7 Å². The molecule has 19 heavy (non-hydrogen) atoms. The van der Waals surface area contributed by atoms with E-state index in [2.05, 4.69) is 4.90 Å². The average Bonchev–Trinajstić information content (AvgIpc) is 2.36. The summed E-state index contributed by atoms with van der Waals surface area (Å²) in [6.07, 6.45) is 1.68. The molecule has 5 heteroatoms. The molecule has 0 aromatic heterocycles. The first kappa shape index (κ1) is 15.7. The van der Waals surface area contributed by atoms with Crippen LogP contribution in [0.5, 0.6) is 0 Å². The third kappa shape index (κ3) is 4.66. The first-order valence-electron chi connectivity index (χ1n) is 6.62. The van der Waals surface area contributed by atoms with Crippen LogP contribution in [-0.2, 0) is 4.79 Å². The van der Waals surface area contributed by atoms with Gasteiger partial charge >= 0.3 is 0 Å². The monoisotopic (exact) mass is 265 g/mol. The number of hydrogen-bond donors (Lipinski definition) is 1. The summed E-state index contributed by atoms with van der Waals surface area (Å²) in [4.78, 5) is 16.3. The molecule has 0 aromatic carbocycles. The second-order valence-electron chi connectivity index (χ2n) is 5.83. The second-order valence-corrected chi connectivity index (χ2v) is 5.83. The number of nitriles is 1. The van der Waals surface area contributed by atoms with Crippen LogP contribution in [0.4, 0.5) is 0 Å². The number of hydrogen-bond acceptors (Lipinski definition) is 5. The van der Waals surface area contributed by atoms with Crippen molar-refractivity contribution in [1.29, 1.82) is 5.26 Å². The highest BCUT2D eigenvalue weighted by Crippen LogP contribution is 2.20. The number of nitrogens with zero attached hydrogens (tertiary/aromatic N) is 3. The van der Waals surface area contributed by atoms with Crippen LogP contribution in [0.25, 0.3) is 0 Å². The molecule has 0 spiro atoms. The number of aliphatic hydroxyl groups excluding tert-OH is 1. The summed E-state index contributed by atoms with van der Waals surface area (Å²) >= 11 is 0. The number of ketones is 1. The molecule has 0 aliphatic carbocycles. The van der Waals surface area contributed by atoms with Gasteiger partial charge in [0.1, 0.15) is 11.6 Å². The van der Waals surface area contributed by atoms with Crippen molar-refractivity contribution < 1.29 is 9.90 Å². The van der Waals surface area contributed by atoms with Crippen molar-refractivity contribution in [3.8, 4) is 6.07 Å². The Morgan fingerprint density at radius 3 is 2.32 bits per heavy atom. The van der Waals surface area contributed by atoms with Crippen molar-refractivity contribution in [2.45, 2.75) is 20.8 Å². The fraction of sp³-hybridized carbons (Fsp3) is 0.714. The molecule has 1 saturated heterocycles. The zero-order valence-corrected chi connectivity index (χ0v) is 12.0. The predicted molar refractivity (Wildman–Crippen MR) is 73.3 cm³/mol. The van der Waals surface area contributed by atoms with E-state index in [4.69, 9.17) is 10.4 Å². The lowest BCUT2D eigenvalue weighted by Gasteiger charge is -2.34. The van der Waals surface area contributed by atoms with Crippen molar-refractivity contribution in [3.63, 3.8) is 0 Å². The highest BCUT2D eigenvalue weighted by molar-refractivity contribution is 6.02. The van der Waals surface area contributed by atoms with E-state index in [1.54, 1.807) is 6.20 Å². The second kappa shape index (κ2) is 6.69. The van der Waals surface area contributed by atoms with E-state index < -0.39 is 5.41 Å². The van der Waals surface area contributed by atoms with Crippen molar-refractivity contribution >= 4 is 5.78 Å². The van der Waals surface area contributed by atoms with Crippen LogP contribution in [-0.4, -0.2) is 60.0 Å². The fourth-order valence-corrected chi connectivity index (χ4v) is 1.98. The van der Waals surface area contributed by atoms with Gasteiger partial charge < -0.3 is 10.0 Å². The molecule has 1 rings (SSSR count). The third-order valence-electron chi connectivity index (χ3n) is 3.18. The van der Waals surface area contributed by atoms with Gasteiger partial charge in [-0.25, -0.2) is 0 Å². The molecule has 0 bridgehead atoms. The van der Waals surface area contributed by atoms with Crippen LogP contribution >= 0.6 is 0 Å². The number of rotatable bonds is 4. The van der Waals surface area contributed by atoms with Crippen molar-refractivity contribution in [1.82, 2.24) is 9.80 Å². The molecule has 0 amide bonds. The van der Waals surface area contributed by atoms with Crippen molar-refractivity contribution in [2.24, 2.45) is 5.41 Å². The summed E-state index contributed by atoms with van der Waals surface area (Å²) in [5.41, 5.74) is -0.302. The van der Waals surface area contributed by atoms with E-state index in [0.29, 0.717) is 6.54 Å². The number of carbonyl (C=O) groups is 1. The van der Waals surface area contributed by atoms with Gasteiger partial charge in [0.05, 0.1) is 6.61 Å². The maximum Gasteiger partial charge on any atom is 0.180 e.